The number of carbonyl (C=O) groups is 2. The van der Waals surface area contributed by atoms with E-state index in [2.05, 4.69) is 10.6 Å². The highest BCUT2D eigenvalue weighted by atomic mass is 32.1. The second kappa shape index (κ2) is 5.45. The van der Waals surface area contributed by atoms with Gasteiger partial charge in [-0.1, -0.05) is 19.3 Å². The van der Waals surface area contributed by atoms with Crippen LogP contribution in [0.5, 0.6) is 0 Å². The van der Waals surface area contributed by atoms with E-state index in [1.54, 1.807) is 18.7 Å². The molecule has 2 fully saturated rings. The minimum Gasteiger partial charge on any atom is -0.360 e. The van der Waals surface area contributed by atoms with Crippen LogP contribution >= 0.6 is 12.2 Å². The van der Waals surface area contributed by atoms with E-state index in [-0.39, 0.29) is 18.4 Å². The van der Waals surface area contributed by atoms with Gasteiger partial charge in [0.05, 0.1) is 0 Å². The van der Waals surface area contributed by atoms with Gasteiger partial charge in [-0.25, -0.2) is 0 Å². The first-order valence-electron chi connectivity index (χ1n) is 6.83. The molecule has 1 aliphatic carbocycles. The smallest absolute Gasteiger partial charge is 0.251 e. The number of hydrogen-bond donors (Lipinski definition) is 2. The van der Waals surface area contributed by atoms with Crippen LogP contribution in [-0.4, -0.2) is 40.0 Å². The van der Waals surface area contributed by atoms with Gasteiger partial charge in [0.2, 0.25) is 5.91 Å². The van der Waals surface area contributed by atoms with E-state index in [4.69, 9.17) is 12.2 Å². The van der Waals surface area contributed by atoms with Crippen LogP contribution in [0.2, 0.25) is 0 Å². The molecule has 2 aliphatic rings. The summed E-state index contributed by atoms with van der Waals surface area (Å²) >= 11 is 5.39. The topological polar surface area (TPSA) is 61.4 Å². The number of imide groups is 1. The van der Waals surface area contributed by atoms with Crippen molar-refractivity contribution in [3.05, 3.63) is 0 Å². The van der Waals surface area contributed by atoms with Crippen LogP contribution in [0.3, 0.4) is 0 Å². The third-order valence-electron chi connectivity index (χ3n) is 3.96. The molecule has 0 atom stereocenters. The molecule has 0 aromatic carbocycles. The van der Waals surface area contributed by atoms with Gasteiger partial charge in [0.15, 0.2) is 5.11 Å². The van der Waals surface area contributed by atoms with Crippen molar-refractivity contribution >= 4 is 29.1 Å². The summed E-state index contributed by atoms with van der Waals surface area (Å²) in [6.07, 6.45) is 5.91. The fourth-order valence-corrected chi connectivity index (χ4v) is 3.07. The summed E-state index contributed by atoms with van der Waals surface area (Å²) in [5, 5.41) is 6.18. The molecule has 2 N–H and O–H groups in total. The third-order valence-corrected chi connectivity index (χ3v) is 4.30. The summed E-state index contributed by atoms with van der Waals surface area (Å²) in [6.45, 7) is 3.70. The van der Waals surface area contributed by atoms with Crippen LogP contribution < -0.4 is 10.6 Å². The Hall–Kier alpha value is -1.17. The highest BCUT2D eigenvalue weighted by molar-refractivity contribution is 7.80. The van der Waals surface area contributed by atoms with Crippen molar-refractivity contribution in [2.24, 2.45) is 0 Å². The average Bonchev–Trinajstić information content (AvgIpc) is 2.35. The Labute approximate surface area is 119 Å². The predicted octanol–water partition coefficient (Wildman–Crippen LogP) is 0.931. The summed E-state index contributed by atoms with van der Waals surface area (Å²) in [4.78, 5) is 25.1. The Kier molecular flexibility index (Phi) is 4.08. The Morgan fingerprint density at radius 1 is 1.32 bits per heavy atom. The molecule has 0 spiro atoms. The maximum Gasteiger partial charge on any atom is 0.251 e. The quantitative estimate of drug-likeness (QED) is 0.554. The maximum atomic E-state index is 11.9. The van der Waals surface area contributed by atoms with Gasteiger partial charge in [0, 0.05) is 6.04 Å². The molecule has 0 unspecified atom stereocenters. The number of nitrogens with zero attached hydrogens (tertiary/aromatic N) is 1. The number of thiocarbonyl (C=S) groups is 1. The molecular formula is C13H21N3O2S. The van der Waals surface area contributed by atoms with Crippen LogP contribution in [0.25, 0.3) is 0 Å². The minimum atomic E-state index is -0.785. The number of hydrogen-bond acceptors (Lipinski definition) is 3. The van der Waals surface area contributed by atoms with Crippen LogP contribution in [-0.2, 0) is 9.59 Å². The van der Waals surface area contributed by atoms with Gasteiger partial charge in [0.1, 0.15) is 12.1 Å². The van der Waals surface area contributed by atoms with E-state index in [9.17, 15) is 9.59 Å². The first-order chi connectivity index (χ1) is 8.91. The molecule has 5 nitrogen and oxygen atoms in total. The van der Waals surface area contributed by atoms with Crippen LogP contribution in [0.4, 0.5) is 0 Å². The van der Waals surface area contributed by atoms with Crippen molar-refractivity contribution in [3.63, 3.8) is 0 Å². The first-order valence-corrected chi connectivity index (χ1v) is 7.24. The summed E-state index contributed by atoms with van der Waals surface area (Å²) in [5.74, 6) is -0.589. The minimum absolute atomic E-state index is 0.136. The third kappa shape index (κ3) is 3.05. The lowest BCUT2D eigenvalue weighted by Crippen LogP contribution is -2.67. The van der Waals surface area contributed by atoms with Crippen molar-refractivity contribution in [2.75, 3.05) is 6.54 Å². The summed E-state index contributed by atoms with van der Waals surface area (Å²) in [7, 11) is 0. The molecule has 2 rings (SSSR count). The zero-order chi connectivity index (χ0) is 14.0. The molecule has 0 bridgehead atoms. The lowest BCUT2D eigenvalue weighted by atomic mass is 9.95. The number of nitrogens with one attached hydrogen (secondary N) is 2. The van der Waals surface area contributed by atoms with Gasteiger partial charge in [-0.15, -0.1) is 0 Å². The second-order valence-corrected chi connectivity index (χ2v) is 6.19. The van der Waals surface area contributed by atoms with Crippen molar-refractivity contribution in [2.45, 2.75) is 57.5 Å². The van der Waals surface area contributed by atoms with Crippen molar-refractivity contribution in [1.29, 1.82) is 0 Å². The molecule has 1 aliphatic heterocycles. The molecule has 1 saturated carbocycles. The normalized spacial score (nSPS) is 24.0. The first kappa shape index (κ1) is 14.2. The molecule has 1 heterocycles. The average molecular weight is 283 g/mol. The summed E-state index contributed by atoms with van der Waals surface area (Å²) < 4.78 is 0. The highest BCUT2D eigenvalue weighted by Crippen LogP contribution is 2.21. The second-order valence-electron chi connectivity index (χ2n) is 5.81. The van der Waals surface area contributed by atoms with E-state index in [0.717, 1.165) is 12.8 Å². The van der Waals surface area contributed by atoms with Crippen LogP contribution in [0.1, 0.15) is 46.0 Å². The SMILES string of the molecule is CC1(C)C(=O)NC(=O)CN1C(=S)NC1CCCCC1. The van der Waals surface area contributed by atoms with Gasteiger partial charge >= 0.3 is 0 Å². The zero-order valence-corrected chi connectivity index (χ0v) is 12.3. The zero-order valence-electron chi connectivity index (χ0n) is 11.5. The molecule has 0 radical (unpaired) electrons. The predicted molar refractivity (Wildman–Crippen MR) is 76.5 cm³/mol. The molecule has 19 heavy (non-hydrogen) atoms. The van der Waals surface area contributed by atoms with Gasteiger partial charge in [-0.05, 0) is 38.9 Å². The summed E-state index contributed by atoms with van der Waals surface area (Å²) in [6, 6.07) is 0.372. The van der Waals surface area contributed by atoms with E-state index in [1.807, 2.05) is 0 Å². The Morgan fingerprint density at radius 3 is 2.58 bits per heavy atom. The molecule has 0 aromatic heterocycles. The number of carbonyl (C=O) groups excluding carboxylic acids is 2. The molecule has 106 valence electrons. The highest BCUT2D eigenvalue weighted by Gasteiger charge is 2.42. The van der Waals surface area contributed by atoms with Crippen molar-refractivity contribution in [1.82, 2.24) is 15.5 Å². The molecular weight excluding hydrogens is 262 g/mol. The number of piperazine rings is 1. The summed E-state index contributed by atoms with van der Waals surface area (Å²) in [5.41, 5.74) is -0.785. The van der Waals surface area contributed by atoms with Crippen molar-refractivity contribution < 1.29 is 9.59 Å². The van der Waals surface area contributed by atoms with Crippen molar-refractivity contribution in [3.8, 4) is 0 Å². The number of amides is 2. The van der Waals surface area contributed by atoms with Crippen LogP contribution in [0, 0.1) is 0 Å². The molecule has 2 amide bonds. The standard InChI is InChI=1S/C13H21N3O2S/c1-13(2)11(18)15-10(17)8-16(13)12(19)14-9-6-4-3-5-7-9/h9H,3-8H2,1-2H3,(H,14,19)(H,15,17,18). The largest absolute Gasteiger partial charge is 0.360 e. The van der Waals surface area contributed by atoms with E-state index < -0.39 is 5.54 Å². The van der Waals surface area contributed by atoms with Gasteiger partial charge in [-0.3, -0.25) is 14.9 Å². The van der Waals surface area contributed by atoms with Gasteiger partial charge < -0.3 is 10.2 Å². The monoisotopic (exact) mass is 283 g/mol. The maximum absolute atomic E-state index is 11.9. The molecule has 0 aromatic rings. The Morgan fingerprint density at radius 2 is 1.95 bits per heavy atom. The molecule has 6 heteroatoms. The lowest BCUT2D eigenvalue weighted by molar-refractivity contribution is -0.141. The fraction of sp³-hybridized carbons (Fsp3) is 0.769. The van der Waals surface area contributed by atoms with Gasteiger partial charge in [0.25, 0.3) is 5.91 Å². The van der Waals surface area contributed by atoms with E-state index in [1.165, 1.54) is 19.3 Å². The van der Waals surface area contributed by atoms with Gasteiger partial charge in [-0.2, -0.15) is 0 Å². The lowest BCUT2D eigenvalue weighted by Gasteiger charge is -2.42. The van der Waals surface area contributed by atoms with E-state index >= 15 is 0 Å². The van der Waals surface area contributed by atoms with E-state index in [0.29, 0.717) is 11.2 Å². The molecule has 1 saturated heterocycles. The Bertz CT molecular complexity index is 403. The van der Waals surface area contributed by atoms with Crippen LogP contribution in [0.15, 0.2) is 0 Å². The number of rotatable bonds is 1. The Balaban J connectivity index is 2.03. The fourth-order valence-electron chi connectivity index (χ4n) is 2.61.